The molecule has 3 heterocycles. The van der Waals surface area contributed by atoms with Gasteiger partial charge in [-0.05, 0) is 20.3 Å². The van der Waals surface area contributed by atoms with Crippen LogP contribution >= 0.6 is 0 Å². The largest absolute Gasteiger partial charge is 0.391 e. The fourth-order valence-corrected chi connectivity index (χ4v) is 3.27. The van der Waals surface area contributed by atoms with E-state index in [1.807, 2.05) is 29.4 Å². The van der Waals surface area contributed by atoms with Gasteiger partial charge in [0.25, 0.3) is 5.56 Å². The molecule has 0 radical (unpaired) electrons. The van der Waals surface area contributed by atoms with Crippen LogP contribution in [0.2, 0.25) is 0 Å². The Labute approximate surface area is 178 Å². The molecule has 1 aliphatic heterocycles. The van der Waals surface area contributed by atoms with E-state index in [0.29, 0.717) is 43.2 Å². The Morgan fingerprint density at radius 1 is 1.27 bits per heavy atom. The summed E-state index contributed by atoms with van der Waals surface area (Å²) in [7, 11) is 2.47. The van der Waals surface area contributed by atoms with Gasteiger partial charge in [0.15, 0.2) is 11.2 Å². The number of aromatic nitrogens is 4. The van der Waals surface area contributed by atoms with E-state index in [2.05, 4.69) is 4.98 Å². The highest BCUT2D eigenvalue weighted by Crippen LogP contribution is 2.23. The van der Waals surface area contributed by atoms with Gasteiger partial charge in [0.05, 0.1) is 6.10 Å². The van der Waals surface area contributed by atoms with Crippen LogP contribution in [0.4, 0.5) is 5.95 Å². The van der Waals surface area contributed by atoms with Crippen LogP contribution < -0.4 is 21.9 Å². The third-order valence-corrected chi connectivity index (χ3v) is 4.91. The summed E-state index contributed by atoms with van der Waals surface area (Å²) < 4.78 is 13.9. The number of aliphatic hydroxyl groups is 1. The van der Waals surface area contributed by atoms with Crippen molar-refractivity contribution in [3.05, 3.63) is 32.5 Å². The zero-order valence-corrected chi connectivity index (χ0v) is 19.3. The lowest BCUT2D eigenvalue weighted by Gasteiger charge is -2.34. The molecule has 1 saturated heterocycles. The second-order valence-electron chi connectivity index (χ2n) is 7.89. The first-order valence-electron chi connectivity index (χ1n) is 9.69. The number of fused-ring (bicyclic) bond motifs is 1. The third-order valence-electron chi connectivity index (χ3n) is 4.91. The summed E-state index contributed by atoms with van der Waals surface area (Å²) in [4.78, 5) is 31.6. The molecule has 11 heteroatoms. The molecule has 0 spiro atoms. The number of imidazole rings is 1. The molecule has 10 nitrogen and oxygen atoms in total. The SMILES string of the molecule is CC(C)=CCn1c(N2CCC(O)C(N)C2)nc2c1c(=O)n(C)c(=O)n2C.CS(C)=O. The molecule has 2 atom stereocenters. The van der Waals surface area contributed by atoms with Gasteiger partial charge < -0.3 is 20.3 Å². The van der Waals surface area contributed by atoms with Crippen LogP contribution in [0.15, 0.2) is 21.2 Å². The summed E-state index contributed by atoms with van der Waals surface area (Å²) in [6.45, 7) is 5.46. The van der Waals surface area contributed by atoms with Crippen LogP contribution in [0, 0.1) is 0 Å². The minimum Gasteiger partial charge on any atom is -0.391 e. The molecule has 3 rings (SSSR count). The zero-order valence-electron chi connectivity index (χ0n) is 18.5. The molecular formula is C19H32N6O4S. The number of piperidine rings is 1. The number of rotatable bonds is 3. The van der Waals surface area contributed by atoms with Gasteiger partial charge in [-0.3, -0.25) is 18.1 Å². The molecule has 0 aliphatic carbocycles. The van der Waals surface area contributed by atoms with E-state index in [1.165, 1.54) is 11.6 Å². The predicted molar refractivity (Wildman–Crippen MR) is 120 cm³/mol. The summed E-state index contributed by atoms with van der Waals surface area (Å²) in [5.74, 6) is 0.596. The highest BCUT2D eigenvalue weighted by Gasteiger charge is 2.29. The number of aryl methyl sites for hydroxylation is 1. The maximum atomic E-state index is 12.8. The molecule has 0 amide bonds. The van der Waals surface area contributed by atoms with Crippen molar-refractivity contribution in [3.63, 3.8) is 0 Å². The van der Waals surface area contributed by atoms with Crippen LogP contribution in [-0.4, -0.2) is 65.7 Å². The van der Waals surface area contributed by atoms with E-state index < -0.39 is 22.6 Å². The van der Waals surface area contributed by atoms with E-state index in [1.54, 1.807) is 19.6 Å². The van der Waals surface area contributed by atoms with Crippen LogP contribution in [0.25, 0.3) is 11.2 Å². The second-order valence-corrected chi connectivity index (χ2v) is 9.37. The Kier molecular flexibility index (Phi) is 7.78. The van der Waals surface area contributed by atoms with Crippen molar-refractivity contribution < 1.29 is 9.32 Å². The molecule has 1 aliphatic rings. The average molecular weight is 441 g/mol. The predicted octanol–water partition coefficient (Wildman–Crippen LogP) is -0.707. The lowest BCUT2D eigenvalue weighted by Crippen LogP contribution is -2.52. The van der Waals surface area contributed by atoms with Gasteiger partial charge in [-0.15, -0.1) is 0 Å². The summed E-state index contributed by atoms with van der Waals surface area (Å²) in [6, 6.07) is -0.382. The molecular weight excluding hydrogens is 408 g/mol. The molecule has 2 aromatic heterocycles. The minimum absolute atomic E-state index is 0.356. The Hall–Kier alpha value is -2.24. The first kappa shape index (κ1) is 24.0. The van der Waals surface area contributed by atoms with Crippen molar-refractivity contribution in [1.82, 2.24) is 18.7 Å². The average Bonchev–Trinajstić information content (AvgIpc) is 3.04. The molecule has 1 fully saturated rings. The number of anilines is 1. The third kappa shape index (κ3) is 5.08. The van der Waals surface area contributed by atoms with Crippen molar-refractivity contribution >= 4 is 27.9 Å². The maximum Gasteiger partial charge on any atom is 0.332 e. The lowest BCUT2D eigenvalue weighted by molar-refractivity contribution is 0.124. The molecule has 2 unspecified atom stereocenters. The highest BCUT2D eigenvalue weighted by molar-refractivity contribution is 7.83. The van der Waals surface area contributed by atoms with Crippen molar-refractivity contribution in [2.75, 3.05) is 30.5 Å². The first-order valence-corrected chi connectivity index (χ1v) is 11.7. The number of allylic oxidation sites excluding steroid dienone is 2. The molecule has 2 aromatic rings. The topological polar surface area (TPSA) is 128 Å². The Morgan fingerprint density at radius 3 is 2.40 bits per heavy atom. The molecule has 0 bridgehead atoms. The summed E-state index contributed by atoms with van der Waals surface area (Å²) in [5.41, 5.74) is 7.10. The Balaban J connectivity index is 0.000000735. The van der Waals surface area contributed by atoms with E-state index in [4.69, 9.17) is 5.73 Å². The van der Waals surface area contributed by atoms with Gasteiger partial charge in [-0.25, -0.2) is 4.79 Å². The number of nitrogens with two attached hydrogens (primary N) is 1. The zero-order chi connectivity index (χ0) is 22.7. The van der Waals surface area contributed by atoms with Crippen molar-refractivity contribution in [2.45, 2.75) is 39.0 Å². The van der Waals surface area contributed by atoms with Crippen molar-refractivity contribution in [3.8, 4) is 0 Å². The first-order chi connectivity index (χ1) is 14.0. The van der Waals surface area contributed by atoms with Crippen molar-refractivity contribution in [1.29, 1.82) is 0 Å². The molecule has 30 heavy (non-hydrogen) atoms. The number of nitrogens with zero attached hydrogens (tertiary/aromatic N) is 5. The Bertz CT molecular complexity index is 1080. The van der Waals surface area contributed by atoms with Gasteiger partial charge in [0.1, 0.15) is 0 Å². The van der Waals surface area contributed by atoms with E-state index in [9.17, 15) is 18.9 Å². The molecule has 0 saturated carbocycles. The van der Waals surface area contributed by atoms with Gasteiger partial charge >= 0.3 is 5.69 Å². The van der Waals surface area contributed by atoms with Gasteiger partial charge in [-0.2, -0.15) is 4.98 Å². The molecule has 3 N–H and O–H groups in total. The highest BCUT2D eigenvalue weighted by atomic mass is 32.2. The van der Waals surface area contributed by atoms with Crippen LogP contribution in [-0.2, 0) is 31.4 Å². The number of hydrogen-bond acceptors (Lipinski definition) is 7. The van der Waals surface area contributed by atoms with Gasteiger partial charge in [-0.1, -0.05) is 11.6 Å². The van der Waals surface area contributed by atoms with Crippen LogP contribution in [0.3, 0.4) is 0 Å². The lowest BCUT2D eigenvalue weighted by atomic mass is 10.0. The fraction of sp³-hybridized carbons (Fsp3) is 0.632. The van der Waals surface area contributed by atoms with Gasteiger partial charge in [0, 0.05) is 63.1 Å². The van der Waals surface area contributed by atoms with E-state index >= 15 is 0 Å². The van der Waals surface area contributed by atoms with Crippen LogP contribution in [0.5, 0.6) is 0 Å². The monoisotopic (exact) mass is 440 g/mol. The molecule has 168 valence electrons. The van der Waals surface area contributed by atoms with Crippen LogP contribution in [0.1, 0.15) is 20.3 Å². The minimum atomic E-state index is -0.611. The second kappa shape index (κ2) is 9.71. The quantitative estimate of drug-likeness (QED) is 0.604. The molecule has 0 aromatic carbocycles. The standard InChI is InChI=1S/C17H26N6O3.C2H6OS/c1-10(2)5-8-23-13-14(20(3)17(26)21(4)15(13)25)19-16(23)22-7-6-12(24)11(18)9-22;1-4(2)3/h5,11-12,24H,6-9,18H2,1-4H3;1-2H3. The normalized spacial score (nSPS) is 19.0. The number of hydrogen-bond donors (Lipinski definition) is 2. The summed E-state index contributed by atoms with van der Waals surface area (Å²) in [5, 5.41) is 9.90. The smallest absolute Gasteiger partial charge is 0.332 e. The van der Waals surface area contributed by atoms with E-state index in [0.717, 1.165) is 10.1 Å². The van der Waals surface area contributed by atoms with Gasteiger partial charge in [0.2, 0.25) is 5.95 Å². The Morgan fingerprint density at radius 2 is 1.87 bits per heavy atom. The summed E-state index contributed by atoms with van der Waals surface area (Å²) >= 11 is 0. The fourth-order valence-electron chi connectivity index (χ4n) is 3.27. The maximum absolute atomic E-state index is 12.8. The number of aliphatic hydroxyl groups excluding tert-OH is 1. The van der Waals surface area contributed by atoms with Crippen molar-refractivity contribution in [2.24, 2.45) is 19.8 Å². The summed E-state index contributed by atoms with van der Waals surface area (Å²) in [6.07, 6.45) is 5.27. The van der Waals surface area contributed by atoms with E-state index in [-0.39, 0.29) is 11.6 Å².